The van der Waals surface area contributed by atoms with Crippen LogP contribution in [0.25, 0.3) is 0 Å². The second kappa shape index (κ2) is 2.78. The largest absolute Gasteiger partial charge is 0.0651 e. The van der Waals surface area contributed by atoms with Crippen LogP contribution >= 0.6 is 0 Å². The Hall–Kier alpha value is 0. The molecule has 17 heavy (non-hydrogen) atoms. The molecule has 0 heterocycles. The molecule has 1 spiro atoms. The number of hydrogen-bond acceptors (Lipinski definition) is 0. The van der Waals surface area contributed by atoms with Gasteiger partial charge in [0.2, 0.25) is 0 Å². The highest BCUT2D eigenvalue weighted by Gasteiger charge is 2.91. The van der Waals surface area contributed by atoms with Crippen molar-refractivity contribution in [2.24, 2.45) is 39.4 Å². The van der Waals surface area contributed by atoms with Gasteiger partial charge in [0.05, 0.1) is 0 Å². The molecule has 3 aliphatic carbocycles. The first-order chi connectivity index (χ1) is 7.73. The molecule has 0 saturated heterocycles. The van der Waals surface area contributed by atoms with E-state index in [9.17, 15) is 0 Å². The van der Waals surface area contributed by atoms with Gasteiger partial charge in [0.25, 0.3) is 0 Å². The average molecular weight is 234 g/mol. The van der Waals surface area contributed by atoms with E-state index in [0.29, 0.717) is 21.7 Å². The molecule has 0 amide bonds. The Morgan fingerprint density at radius 1 is 1.18 bits per heavy atom. The van der Waals surface area contributed by atoms with E-state index in [1.165, 1.54) is 19.3 Å². The van der Waals surface area contributed by atoms with Crippen molar-refractivity contribution in [3.63, 3.8) is 0 Å². The van der Waals surface area contributed by atoms with Gasteiger partial charge >= 0.3 is 0 Å². The molecule has 3 fully saturated rings. The summed E-state index contributed by atoms with van der Waals surface area (Å²) in [5, 5.41) is 0. The smallest absolute Gasteiger partial charge is 0.0145 e. The van der Waals surface area contributed by atoms with E-state index in [4.69, 9.17) is 0 Å². The van der Waals surface area contributed by atoms with Crippen molar-refractivity contribution in [2.75, 3.05) is 0 Å². The molecular weight excluding hydrogens is 204 g/mol. The molecule has 6 unspecified atom stereocenters. The zero-order valence-corrected chi connectivity index (χ0v) is 12.9. The van der Waals surface area contributed by atoms with Crippen molar-refractivity contribution >= 4 is 0 Å². The first-order valence-corrected chi connectivity index (χ1v) is 7.73. The summed E-state index contributed by atoms with van der Waals surface area (Å²) in [7, 11) is 0. The van der Waals surface area contributed by atoms with Crippen LogP contribution in [0.2, 0.25) is 0 Å². The Morgan fingerprint density at radius 2 is 1.76 bits per heavy atom. The molecule has 98 valence electrons. The maximum atomic E-state index is 2.65. The van der Waals surface area contributed by atoms with Gasteiger partial charge in [-0.15, -0.1) is 0 Å². The third kappa shape index (κ3) is 0.790. The van der Waals surface area contributed by atoms with Crippen molar-refractivity contribution in [3.05, 3.63) is 0 Å². The van der Waals surface area contributed by atoms with E-state index in [1.54, 1.807) is 0 Å². The fraction of sp³-hybridized carbons (Fsp3) is 1.00. The zero-order valence-electron chi connectivity index (χ0n) is 12.9. The van der Waals surface area contributed by atoms with Crippen molar-refractivity contribution < 1.29 is 0 Å². The van der Waals surface area contributed by atoms with Crippen LogP contribution in [0.4, 0.5) is 0 Å². The highest BCUT2D eigenvalue weighted by Crippen LogP contribution is 2.96. The number of fused-ring (bicyclic) bond motifs is 1. The summed E-state index contributed by atoms with van der Waals surface area (Å²) in [5.74, 6) is 2.80. The Morgan fingerprint density at radius 3 is 2.24 bits per heavy atom. The van der Waals surface area contributed by atoms with E-state index in [0.717, 1.165) is 17.8 Å². The first-order valence-electron chi connectivity index (χ1n) is 7.73. The van der Waals surface area contributed by atoms with Gasteiger partial charge in [0, 0.05) is 0 Å². The molecule has 0 radical (unpaired) electrons. The number of rotatable bonds is 2. The van der Waals surface area contributed by atoms with Crippen LogP contribution in [0.3, 0.4) is 0 Å². The maximum Gasteiger partial charge on any atom is -0.0145 e. The van der Waals surface area contributed by atoms with Crippen molar-refractivity contribution in [3.8, 4) is 0 Å². The Bertz CT molecular complexity index is 368. The summed E-state index contributed by atoms with van der Waals surface area (Å²) < 4.78 is 0. The summed E-state index contributed by atoms with van der Waals surface area (Å²) in [6.45, 7) is 17.9. The van der Waals surface area contributed by atoms with E-state index < -0.39 is 0 Å². The highest BCUT2D eigenvalue weighted by molar-refractivity contribution is 5.38. The third-order valence-electron chi connectivity index (χ3n) is 8.81. The lowest BCUT2D eigenvalue weighted by atomic mass is 9.60. The SMILES string of the molecule is CCC(C)C1(C)C2CCC13C(C)C3(C)C2(C)C. The lowest BCUT2D eigenvalue weighted by Crippen LogP contribution is -2.39. The zero-order chi connectivity index (χ0) is 12.9. The normalized spacial score (nSPS) is 60.2. The van der Waals surface area contributed by atoms with E-state index in [2.05, 4.69) is 48.5 Å². The Balaban J connectivity index is 2.17. The number of hydrogen-bond donors (Lipinski definition) is 0. The second-order valence-corrected chi connectivity index (χ2v) is 8.30. The van der Waals surface area contributed by atoms with Crippen LogP contribution in [0.5, 0.6) is 0 Å². The Kier molecular flexibility index (Phi) is 1.97. The minimum Gasteiger partial charge on any atom is -0.0651 e. The van der Waals surface area contributed by atoms with Crippen LogP contribution in [-0.2, 0) is 0 Å². The summed E-state index contributed by atoms with van der Waals surface area (Å²) in [6.07, 6.45) is 4.36. The van der Waals surface area contributed by atoms with Gasteiger partial charge in [-0.05, 0) is 52.3 Å². The monoisotopic (exact) mass is 234 g/mol. The second-order valence-electron chi connectivity index (χ2n) is 8.30. The molecule has 3 saturated carbocycles. The van der Waals surface area contributed by atoms with Gasteiger partial charge in [-0.2, -0.15) is 0 Å². The van der Waals surface area contributed by atoms with Gasteiger partial charge in [0.15, 0.2) is 0 Å². The fourth-order valence-electron chi connectivity index (χ4n) is 7.50. The molecule has 3 aliphatic rings. The topological polar surface area (TPSA) is 0 Å². The van der Waals surface area contributed by atoms with Gasteiger partial charge in [0.1, 0.15) is 0 Å². The van der Waals surface area contributed by atoms with Crippen molar-refractivity contribution in [1.29, 1.82) is 0 Å². The predicted octanol–water partition coefficient (Wildman–Crippen LogP) is 5.13. The van der Waals surface area contributed by atoms with Crippen LogP contribution in [0.15, 0.2) is 0 Å². The summed E-state index contributed by atoms with van der Waals surface area (Å²) in [6, 6.07) is 0. The summed E-state index contributed by atoms with van der Waals surface area (Å²) in [4.78, 5) is 0. The molecule has 0 aromatic rings. The standard InChI is InChI=1S/C17H30/c1-8-11(2)15(6)13-9-10-17(15)12(3)16(17,7)14(13,4)5/h11-13H,8-10H2,1-7H3. The lowest BCUT2D eigenvalue weighted by Gasteiger charge is -2.45. The molecule has 0 aliphatic heterocycles. The quantitative estimate of drug-likeness (QED) is 0.621. The molecule has 2 bridgehead atoms. The maximum absolute atomic E-state index is 2.65. The highest BCUT2D eigenvalue weighted by atomic mass is 14.9. The first kappa shape index (κ1) is 12.1. The van der Waals surface area contributed by atoms with Gasteiger partial charge in [-0.25, -0.2) is 0 Å². The van der Waals surface area contributed by atoms with Crippen molar-refractivity contribution in [2.45, 2.75) is 67.7 Å². The van der Waals surface area contributed by atoms with Crippen LogP contribution < -0.4 is 0 Å². The van der Waals surface area contributed by atoms with E-state index in [1.807, 2.05) is 0 Å². The minimum absolute atomic E-state index is 0.558. The minimum atomic E-state index is 0.558. The molecule has 0 aromatic heterocycles. The van der Waals surface area contributed by atoms with Gasteiger partial charge < -0.3 is 0 Å². The summed E-state index contributed by atoms with van der Waals surface area (Å²) in [5.41, 5.74) is 2.48. The van der Waals surface area contributed by atoms with Gasteiger partial charge in [-0.3, -0.25) is 0 Å². The average Bonchev–Trinajstić information content (AvgIpc) is 2.61. The van der Waals surface area contributed by atoms with E-state index >= 15 is 0 Å². The van der Waals surface area contributed by atoms with Crippen LogP contribution in [0, 0.1) is 39.4 Å². The van der Waals surface area contributed by atoms with E-state index in [-0.39, 0.29) is 0 Å². The molecule has 3 rings (SSSR count). The molecule has 6 atom stereocenters. The molecule has 0 nitrogen and oxygen atoms in total. The van der Waals surface area contributed by atoms with Crippen LogP contribution in [-0.4, -0.2) is 0 Å². The van der Waals surface area contributed by atoms with Crippen LogP contribution in [0.1, 0.15) is 67.7 Å². The summed E-state index contributed by atoms with van der Waals surface area (Å²) >= 11 is 0. The molecular formula is C17H30. The van der Waals surface area contributed by atoms with Crippen molar-refractivity contribution in [1.82, 2.24) is 0 Å². The Labute approximate surface area is 108 Å². The molecule has 0 heteroatoms. The lowest BCUT2D eigenvalue weighted by molar-refractivity contribution is 0.0311. The third-order valence-corrected chi connectivity index (χ3v) is 8.81. The molecule has 0 N–H and O–H groups in total. The predicted molar refractivity (Wildman–Crippen MR) is 73.8 cm³/mol. The fourth-order valence-corrected chi connectivity index (χ4v) is 7.50. The molecule has 0 aromatic carbocycles. The van der Waals surface area contributed by atoms with Gasteiger partial charge in [-0.1, -0.05) is 54.9 Å².